The van der Waals surface area contributed by atoms with E-state index < -0.39 is 21.9 Å². The van der Waals surface area contributed by atoms with E-state index in [-0.39, 0.29) is 29.5 Å². The lowest BCUT2D eigenvalue weighted by molar-refractivity contribution is -0.137. The molecular formula is C19H18N2O6S. The van der Waals surface area contributed by atoms with Crippen molar-refractivity contribution in [2.75, 3.05) is 18.5 Å². The number of carbonyl (C=O) groups excluding carboxylic acids is 2. The number of aryl methyl sites for hydroxylation is 1. The highest BCUT2D eigenvalue weighted by Gasteiger charge is 2.31. The number of aliphatic hydroxyl groups excluding tert-OH is 1. The molecule has 146 valence electrons. The summed E-state index contributed by atoms with van der Waals surface area (Å²) in [5.41, 5.74) is 1.01. The van der Waals surface area contributed by atoms with E-state index >= 15 is 0 Å². The molecule has 1 heterocycles. The highest BCUT2D eigenvalue weighted by atomic mass is 32.2. The van der Waals surface area contributed by atoms with Gasteiger partial charge in [0.05, 0.1) is 13.2 Å². The van der Waals surface area contributed by atoms with E-state index in [0.717, 1.165) is 11.0 Å². The van der Waals surface area contributed by atoms with E-state index in [1.54, 1.807) is 31.2 Å². The lowest BCUT2D eigenvalue weighted by Crippen LogP contribution is -2.34. The van der Waals surface area contributed by atoms with Gasteiger partial charge >= 0.3 is 10.1 Å². The number of carbonyl (C=O) groups is 2. The van der Waals surface area contributed by atoms with Gasteiger partial charge in [-0.3, -0.25) is 14.5 Å². The van der Waals surface area contributed by atoms with Gasteiger partial charge in [-0.15, -0.1) is 0 Å². The second kappa shape index (κ2) is 7.83. The van der Waals surface area contributed by atoms with Gasteiger partial charge in [-0.05, 0) is 36.8 Å². The summed E-state index contributed by atoms with van der Waals surface area (Å²) in [5.74, 6) is -0.959. The largest absolute Gasteiger partial charge is 0.395 e. The van der Waals surface area contributed by atoms with Gasteiger partial charge < -0.3 is 14.6 Å². The first-order valence-electron chi connectivity index (χ1n) is 8.37. The van der Waals surface area contributed by atoms with Crippen LogP contribution in [-0.2, 0) is 19.7 Å². The Morgan fingerprint density at radius 3 is 2.50 bits per heavy atom. The normalized spacial score (nSPS) is 14.2. The molecular weight excluding hydrogens is 384 g/mol. The van der Waals surface area contributed by atoms with E-state index in [9.17, 15) is 18.0 Å². The minimum Gasteiger partial charge on any atom is -0.395 e. The Kier molecular flexibility index (Phi) is 5.48. The van der Waals surface area contributed by atoms with Gasteiger partial charge in [0, 0.05) is 11.8 Å². The monoisotopic (exact) mass is 402 g/mol. The van der Waals surface area contributed by atoms with Crippen LogP contribution in [0.15, 0.2) is 65.2 Å². The van der Waals surface area contributed by atoms with Crippen molar-refractivity contribution >= 4 is 27.6 Å². The Morgan fingerprint density at radius 2 is 1.82 bits per heavy atom. The molecule has 0 fully saturated rings. The van der Waals surface area contributed by atoms with Gasteiger partial charge in [-0.1, -0.05) is 24.3 Å². The number of nitrogens with one attached hydrogen (secondary N) is 1. The molecule has 0 radical (unpaired) electrons. The smallest absolute Gasteiger partial charge is 0.339 e. The van der Waals surface area contributed by atoms with Crippen molar-refractivity contribution in [1.82, 2.24) is 4.90 Å². The van der Waals surface area contributed by atoms with Crippen LogP contribution in [0.3, 0.4) is 0 Å². The van der Waals surface area contributed by atoms with Gasteiger partial charge in [0.15, 0.2) is 0 Å². The van der Waals surface area contributed by atoms with Crippen LogP contribution in [0.25, 0.3) is 0 Å². The highest BCUT2D eigenvalue weighted by molar-refractivity contribution is 7.87. The van der Waals surface area contributed by atoms with Gasteiger partial charge in [0.25, 0.3) is 11.8 Å². The molecule has 0 atom stereocenters. The van der Waals surface area contributed by atoms with Crippen molar-refractivity contribution in [3.05, 3.63) is 65.9 Å². The first kappa shape index (κ1) is 19.6. The number of hydrogen-bond acceptors (Lipinski definition) is 7. The number of benzene rings is 2. The van der Waals surface area contributed by atoms with Crippen molar-refractivity contribution < 1.29 is 27.3 Å². The number of imide groups is 1. The van der Waals surface area contributed by atoms with Crippen molar-refractivity contribution in [3.8, 4) is 5.75 Å². The lowest BCUT2D eigenvalue weighted by atomic mass is 10.2. The molecule has 0 aromatic heterocycles. The molecule has 2 aromatic rings. The van der Waals surface area contributed by atoms with E-state index in [4.69, 9.17) is 9.29 Å². The van der Waals surface area contributed by atoms with Crippen LogP contribution in [-0.4, -0.2) is 43.4 Å². The fourth-order valence-corrected chi connectivity index (χ4v) is 3.55. The summed E-state index contributed by atoms with van der Waals surface area (Å²) >= 11 is 0. The number of amides is 2. The standard InChI is InChI=1S/C19H18N2O6S/c1-13-7-8-15(28(25,26)27-14-5-3-2-4-6-14)11-16(13)20-17-12-18(23)21(9-10-22)19(17)24/h2-8,11-12,20,22H,9-10H2,1H3. The molecule has 0 bridgehead atoms. The van der Waals surface area contributed by atoms with Crippen LogP contribution in [0.1, 0.15) is 5.56 Å². The molecule has 8 nitrogen and oxygen atoms in total. The maximum atomic E-state index is 12.5. The molecule has 0 unspecified atom stereocenters. The zero-order chi connectivity index (χ0) is 20.3. The molecule has 9 heteroatoms. The number of hydrogen-bond donors (Lipinski definition) is 2. The predicted molar refractivity (Wildman–Crippen MR) is 101 cm³/mol. The molecule has 0 spiro atoms. The van der Waals surface area contributed by atoms with Crippen molar-refractivity contribution in [2.45, 2.75) is 11.8 Å². The third-order valence-electron chi connectivity index (χ3n) is 4.05. The third-order valence-corrected chi connectivity index (χ3v) is 5.29. The Hall–Kier alpha value is -3.17. The predicted octanol–water partition coefficient (Wildman–Crippen LogP) is 1.42. The van der Waals surface area contributed by atoms with Gasteiger partial charge in [-0.25, -0.2) is 0 Å². The third kappa shape index (κ3) is 4.05. The van der Waals surface area contributed by atoms with E-state index in [1.165, 1.54) is 24.3 Å². The average Bonchev–Trinajstić information content (AvgIpc) is 2.91. The van der Waals surface area contributed by atoms with Crippen LogP contribution in [0, 0.1) is 6.92 Å². The van der Waals surface area contributed by atoms with Gasteiger partial charge in [0.2, 0.25) is 0 Å². The molecule has 2 amide bonds. The van der Waals surface area contributed by atoms with Crippen LogP contribution in [0.5, 0.6) is 5.75 Å². The molecule has 0 saturated carbocycles. The summed E-state index contributed by atoms with van der Waals surface area (Å²) < 4.78 is 30.2. The minimum absolute atomic E-state index is 0.0000701. The topological polar surface area (TPSA) is 113 Å². The average molecular weight is 402 g/mol. The lowest BCUT2D eigenvalue weighted by Gasteiger charge is -2.15. The second-order valence-electron chi connectivity index (χ2n) is 6.03. The zero-order valence-corrected chi connectivity index (χ0v) is 15.8. The van der Waals surface area contributed by atoms with Crippen LogP contribution >= 0.6 is 0 Å². The Morgan fingerprint density at radius 1 is 1.11 bits per heavy atom. The number of rotatable bonds is 7. The van der Waals surface area contributed by atoms with E-state index in [1.807, 2.05) is 0 Å². The molecule has 0 saturated heterocycles. The number of β-amino-alcohol motifs (C(OH)–C–C–N with tert-alkyl or cyclic N) is 1. The molecule has 1 aliphatic rings. The van der Waals surface area contributed by atoms with E-state index in [2.05, 4.69) is 5.32 Å². The quantitative estimate of drug-likeness (QED) is 0.532. The van der Waals surface area contributed by atoms with Crippen molar-refractivity contribution in [1.29, 1.82) is 0 Å². The van der Waals surface area contributed by atoms with Crippen LogP contribution in [0.4, 0.5) is 5.69 Å². The maximum absolute atomic E-state index is 12.5. The summed E-state index contributed by atoms with van der Waals surface area (Å²) in [6.07, 6.45) is 1.11. The fraction of sp³-hybridized carbons (Fsp3) is 0.158. The van der Waals surface area contributed by atoms with E-state index in [0.29, 0.717) is 11.3 Å². The first-order valence-corrected chi connectivity index (χ1v) is 9.78. The summed E-state index contributed by atoms with van der Waals surface area (Å²) in [4.78, 5) is 24.9. The maximum Gasteiger partial charge on any atom is 0.339 e. The molecule has 28 heavy (non-hydrogen) atoms. The fourth-order valence-electron chi connectivity index (χ4n) is 2.60. The number of nitrogens with zero attached hydrogens (tertiary/aromatic N) is 1. The van der Waals surface area contributed by atoms with Crippen LogP contribution < -0.4 is 9.50 Å². The van der Waals surface area contributed by atoms with Gasteiger partial charge in [-0.2, -0.15) is 8.42 Å². The second-order valence-corrected chi connectivity index (χ2v) is 7.58. The molecule has 1 aliphatic heterocycles. The number of para-hydroxylation sites is 1. The SMILES string of the molecule is Cc1ccc(S(=O)(=O)Oc2ccccc2)cc1NC1=CC(=O)N(CCO)C1=O. The highest BCUT2D eigenvalue weighted by Crippen LogP contribution is 2.25. The molecule has 0 aliphatic carbocycles. The Labute approximate surface area is 162 Å². The molecule has 2 N–H and O–H groups in total. The minimum atomic E-state index is -4.08. The Balaban J connectivity index is 1.85. The molecule has 3 rings (SSSR count). The number of aliphatic hydroxyl groups is 1. The summed E-state index contributed by atoms with van der Waals surface area (Å²) in [5, 5.41) is 11.8. The Bertz CT molecular complexity index is 1050. The van der Waals surface area contributed by atoms with Crippen molar-refractivity contribution in [3.63, 3.8) is 0 Å². The first-order chi connectivity index (χ1) is 13.3. The van der Waals surface area contributed by atoms with Gasteiger partial charge in [0.1, 0.15) is 16.3 Å². The summed E-state index contributed by atoms with van der Waals surface area (Å²) in [6, 6.07) is 12.4. The van der Waals surface area contributed by atoms with Crippen LogP contribution in [0.2, 0.25) is 0 Å². The zero-order valence-electron chi connectivity index (χ0n) is 15.0. The summed E-state index contributed by atoms with van der Waals surface area (Å²) in [6.45, 7) is 1.27. The summed E-state index contributed by atoms with van der Waals surface area (Å²) in [7, 11) is -4.08. The molecule has 2 aromatic carbocycles. The van der Waals surface area contributed by atoms with Crippen molar-refractivity contribution in [2.24, 2.45) is 0 Å². The number of anilines is 1.